The van der Waals surface area contributed by atoms with E-state index in [0.717, 1.165) is 29.0 Å². The van der Waals surface area contributed by atoms with Crippen LogP contribution in [-0.4, -0.2) is 33.0 Å². The Labute approximate surface area is 116 Å². The van der Waals surface area contributed by atoms with Gasteiger partial charge in [-0.1, -0.05) is 19.1 Å². The lowest BCUT2D eigenvalue weighted by Crippen LogP contribution is -2.26. The van der Waals surface area contributed by atoms with Gasteiger partial charge in [0.2, 0.25) is 0 Å². The highest BCUT2D eigenvalue weighted by molar-refractivity contribution is 9.10. The molecule has 0 aliphatic heterocycles. The smallest absolute Gasteiger partial charge is 0.153 e. The average Bonchev–Trinajstić information content (AvgIpc) is 2.64. The Morgan fingerprint density at radius 1 is 1.41 bits per heavy atom. The molecule has 1 unspecified atom stereocenters. The number of rotatable bonds is 8. The van der Waals surface area contributed by atoms with Crippen molar-refractivity contribution in [2.45, 2.75) is 32.7 Å². The van der Waals surface area contributed by atoms with Gasteiger partial charge in [0.15, 0.2) is 4.60 Å². The number of hydrogen-bond donors (Lipinski definition) is 1. The van der Waals surface area contributed by atoms with E-state index in [2.05, 4.69) is 45.4 Å². The lowest BCUT2D eigenvalue weighted by atomic mass is 10.2. The Balaban J connectivity index is 2.67. The summed E-state index contributed by atoms with van der Waals surface area (Å²) < 4.78 is 2.70. The zero-order chi connectivity index (χ0) is 12.7. The number of halogens is 1. The molecule has 4 nitrogen and oxygen atoms in total. The molecule has 1 rings (SSSR count). The minimum Gasteiger partial charge on any atom is -0.308 e. The van der Waals surface area contributed by atoms with Gasteiger partial charge in [-0.25, -0.2) is 4.68 Å². The molecular formula is C11H21BrN4S. The molecule has 0 saturated heterocycles. The minimum atomic E-state index is 0.320. The molecule has 1 aromatic rings. The molecule has 1 atom stereocenters. The first-order chi connectivity index (χ1) is 8.20. The molecule has 0 fully saturated rings. The summed E-state index contributed by atoms with van der Waals surface area (Å²) in [6, 6.07) is 0.320. The number of nitrogens with zero attached hydrogens (tertiary/aromatic N) is 3. The molecule has 0 saturated carbocycles. The van der Waals surface area contributed by atoms with E-state index in [-0.39, 0.29) is 0 Å². The van der Waals surface area contributed by atoms with E-state index < -0.39 is 0 Å². The van der Waals surface area contributed by atoms with Crippen molar-refractivity contribution in [2.75, 3.05) is 18.1 Å². The van der Waals surface area contributed by atoms with Gasteiger partial charge in [0.1, 0.15) is 0 Å². The third-order valence-electron chi connectivity index (χ3n) is 2.43. The molecule has 98 valence electrons. The fourth-order valence-electron chi connectivity index (χ4n) is 1.61. The summed E-state index contributed by atoms with van der Waals surface area (Å²) in [5.74, 6) is 2.26. The first kappa shape index (κ1) is 15.0. The predicted molar refractivity (Wildman–Crippen MR) is 77.4 cm³/mol. The fourth-order valence-corrected chi connectivity index (χ4v) is 3.18. The molecule has 1 heterocycles. The monoisotopic (exact) mass is 320 g/mol. The van der Waals surface area contributed by atoms with Gasteiger partial charge in [0, 0.05) is 12.8 Å². The summed E-state index contributed by atoms with van der Waals surface area (Å²) in [5.41, 5.74) is 1.14. The summed E-state index contributed by atoms with van der Waals surface area (Å²) in [7, 11) is 1.94. The Bertz CT molecular complexity index is 310. The van der Waals surface area contributed by atoms with Gasteiger partial charge in [-0.15, -0.1) is 5.10 Å². The fraction of sp³-hybridized carbons (Fsp3) is 0.818. The lowest BCUT2D eigenvalue weighted by molar-refractivity contribution is 0.531. The van der Waals surface area contributed by atoms with Gasteiger partial charge in [0.05, 0.1) is 11.7 Å². The van der Waals surface area contributed by atoms with E-state index >= 15 is 0 Å². The Morgan fingerprint density at radius 2 is 2.18 bits per heavy atom. The van der Waals surface area contributed by atoms with Crippen LogP contribution in [0.3, 0.4) is 0 Å². The van der Waals surface area contributed by atoms with E-state index in [1.165, 1.54) is 12.2 Å². The zero-order valence-corrected chi connectivity index (χ0v) is 13.1. The molecule has 0 bridgehead atoms. The number of nitrogens with one attached hydrogen (secondary N) is 1. The van der Waals surface area contributed by atoms with E-state index in [0.29, 0.717) is 6.04 Å². The molecular weight excluding hydrogens is 300 g/mol. The van der Waals surface area contributed by atoms with Gasteiger partial charge < -0.3 is 5.32 Å². The largest absolute Gasteiger partial charge is 0.308 e. The second-order valence-electron chi connectivity index (χ2n) is 3.97. The summed E-state index contributed by atoms with van der Waals surface area (Å²) in [6.07, 6.45) is 2.35. The van der Waals surface area contributed by atoms with Crippen LogP contribution in [0.5, 0.6) is 0 Å². The molecule has 1 N–H and O–H groups in total. The van der Waals surface area contributed by atoms with Crippen LogP contribution in [0.25, 0.3) is 0 Å². The van der Waals surface area contributed by atoms with Crippen molar-refractivity contribution in [3.05, 3.63) is 10.3 Å². The number of aryl methyl sites for hydroxylation is 1. The molecule has 0 amide bonds. The topological polar surface area (TPSA) is 42.7 Å². The Morgan fingerprint density at radius 3 is 2.71 bits per heavy atom. The average molecular weight is 321 g/mol. The van der Waals surface area contributed by atoms with Gasteiger partial charge in [-0.3, -0.25) is 0 Å². The molecule has 0 spiro atoms. The van der Waals surface area contributed by atoms with Crippen molar-refractivity contribution in [2.24, 2.45) is 7.05 Å². The molecule has 0 aliphatic carbocycles. The molecule has 17 heavy (non-hydrogen) atoms. The highest BCUT2D eigenvalue weighted by atomic mass is 79.9. The standard InChI is InChI=1S/C11H21BrN4S/c1-4-6-13-9(8-17-7-5-2)10-11(12)14-15-16(10)3/h9,13H,4-8H2,1-3H3. The lowest BCUT2D eigenvalue weighted by Gasteiger charge is -2.18. The second-order valence-corrected chi connectivity index (χ2v) is 5.87. The van der Waals surface area contributed by atoms with Crippen LogP contribution >= 0.6 is 27.7 Å². The molecule has 6 heteroatoms. The normalized spacial score (nSPS) is 12.9. The minimum absolute atomic E-state index is 0.320. The Kier molecular flexibility index (Phi) is 7.15. The summed E-state index contributed by atoms with van der Waals surface area (Å²) in [4.78, 5) is 0. The van der Waals surface area contributed by atoms with Crippen molar-refractivity contribution in [3.63, 3.8) is 0 Å². The molecule has 0 aromatic carbocycles. The van der Waals surface area contributed by atoms with Crippen LogP contribution in [-0.2, 0) is 7.05 Å². The molecule has 0 radical (unpaired) electrons. The summed E-state index contributed by atoms with van der Waals surface area (Å²) >= 11 is 5.45. The van der Waals surface area contributed by atoms with Gasteiger partial charge in [-0.05, 0) is 41.1 Å². The van der Waals surface area contributed by atoms with Crippen molar-refractivity contribution in [3.8, 4) is 0 Å². The zero-order valence-electron chi connectivity index (χ0n) is 10.7. The number of hydrogen-bond acceptors (Lipinski definition) is 4. The Hall–Kier alpha value is -0.0700. The van der Waals surface area contributed by atoms with E-state index in [1.807, 2.05) is 23.5 Å². The maximum atomic E-state index is 4.05. The van der Waals surface area contributed by atoms with Gasteiger partial charge in [0.25, 0.3) is 0 Å². The van der Waals surface area contributed by atoms with Crippen LogP contribution in [0.4, 0.5) is 0 Å². The van der Waals surface area contributed by atoms with Crippen LogP contribution < -0.4 is 5.32 Å². The van der Waals surface area contributed by atoms with Crippen molar-refractivity contribution in [1.29, 1.82) is 0 Å². The third kappa shape index (κ3) is 4.60. The van der Waals surface area contributed by atoms with Gasteiger partial charge in [-0.2, -0.15) is 11.8 Å². The number of thioether (sulfide) groups is 1. The maximum absolute atomic E-state index is 4.05. The molecule has 0 aliphatic rings. The summed E-state index contributed by atoms with van der Waals surface area (Å²) in [6.45, 7) is 5.41. The highest BCUT2D eigenvalue weighted by Gasteiger charge is 2.19. The van der Waals surface area contributed by atoms with E-state index in [1.54, 1.807) is 0 Å². The first-order valence-electron chi connectivity index (χ1n) is 6.06. The van der Waals surface area contributed by atoms with Crippen molar-refractivity contribution in [1.82, 2.24) is 20.3 Å². The van der Waals surface area contributed by atoms with E-state index in [9.17, 15) is 0 Å². The first-order valence-corrected chi connectivity index (χ1v) is 8.01. The molecule has 1 aromatic heterocycles. The predicted octanol–water partition coefficient (Wildman–Crippen LogP) is 2.76. The van der Waals surface area contributed by atoms with Crippen LogP contribution in [0.1, 0.15) is 38.4 Å². The van der Waals surface area contributed by atoms with Crippen LogP contribution in [0.15, 0.2) is 4.60 Å². The second kappa shape index (κ2) is 8.11. The van der Waals surface area contributed by atoms with Crippen LogP contribution in [0.2, 0.25) is 0 Å². The highest BCUT2D eigenvalue weighted by Crippen LogP contribution is 2.24. The summed E-state index contributed by atoms with van der Waals surface area (Å²) in [5, 5.41) is 11.7. The third-order valence-corrected chi connectivity index (χ3v) is 4.26. The SMILES string of the molecule is CCCNC(CSCCC)c1c(Br)nnn1C. The number of aromatic nitrogens is 3. The van der Waals surface area contributed by atoms with E-state index in [4.69, 9.17) is 0 Å². The quantitative estimate of drug-likeness (QED) is 0.748. The van der Waals surface area contributed by atoms with Crippen molar-refractivity contribution >= 4 is 27.7 Å². The van der Waals surface area contributed by atoms with Crippen LogP contribution in [0, 0.1) is 0 Å². The van der Waals surface area contributed by atoms with Gasteiger partial charge >= 0.3 is 0 Å². The maximum Gasteiger partial charge on any atom is 0.153 e. The van der Waals surface area contributed by atoms with Crippen molar-refractivity contribution < 1.29 is 0 Å².